The summed E-state index contributed by atoms with van der Waals surface area (Å²) in [5, 5.41) is 0. The van der Waals surface area contributed by atoms with Gasteiger partial charge in [0.15, 0.2) is 48.0 Å². The van der Waals surface area contributed by atoms with Gasteiger partial charge in [-0.1, -0.05) is 18.3 Å². The van der Waals surface area contributed by atoms with Crippen LogP contribution < -0.4 is 11.5 Å². The van der Waals surface area contributed by atoms with Crippen molar-refractivity contribution < 1.29 is 42.0 Å². The largest absolute Gasteiger partial charge is 0.383 e. The highest BCUT2D eigenvalue weighted by molar-refractivity contribution is 8.44. The molecule has 4 aliphatic rings. The Hall–Kier alpha value is -2.68. The predicted octanol–water partition coefficient (Wildman–Crippen LogP) is 1.27. The molecule has 250 valence electrons. The predicted molar refractivity (Wildman–Crippen MR) is 168 cm³/mol. The zero-order chi connectivity index (χ0) is 33.1. The maximum atomic E-state index is 16.3. The molecule has 4 fully saturated rings. The maximum Gasteiger partial charge on any atom is 0.383 e. The number of imidazole rings is 2. The second-order valence-corrected chi connectivity index (χ2v) is 18.0. The van der Waals surface area contributed by atoms with Crippen LogP contribution in [0.25, 0.3) is 22.3 Å². The SMILES string of the molecule is C=C[C@]12C(OP(O)(=S)C[C@@H]3C(COP(=O)(O)S)O[C@@H](n4cnc5c(N)ncnc54)[C@@H]3F)[C@]13CO[C@H]2[C@H](n1cnc2c(N)ncnc21)O3. The van der Waals surface area contributed by atoms with E-state index in [-0.39, 0.29) is 35.6 Å². The lowest BCUT2D eigenvalue weighted by Gasteiger charge is -2.34. The zero-order valence-corrected chi connectivity index (χ0v) is 27.5. The second-order valence-electron chi connectivity index (χ2n) is 11.7. The first-order chi connectivity index (χ1) is 22.3. The van der Waals surface area contributed by atoms with Gasteiger partial charge in [0, 0.05) is 12.1 Å². The summed E-state index contributed by atoms with van der Waals surface area (Å²) >= 11 is 9.14. The van der Waals surface area contributed by atoms with Crippen molar-refractivity contribution in [1.82, 2.24) is 39.0 Å². The molecular weight excluding hydrogens is 701 g/mol. The van der Waals surface area contributed by atoms with Gasteiger partial charge in [-0.2, -0.15) is 0 Å². The second kappa shape index (κ2) is 10.7. The number of hydrogen-bond acceptors (Lipinski definition) is 15. The van der Waals surface area contributed by atoms with E-state index in [1.54, 1.807) is 10.6 Å². The molecule has 3 saturated heterocycles. The quantitative estimate of drug-likeness (QED) is 0.0877. The smallest absolute Gasteiger partial charge is 0.382 e. The van der Waals surface area contributed by atoms with Crippen LogP contribution in [-0.2, 0) is 39.6 Å². The summed E-state index contributed by atoms with van der Waals surface area (Å²) in [6.07, 6.45) is 0.307. The van der Waals surface area contributed by atoms with Crippen molar-refractivity contribution in [2.24, 2.45) is 11.3 Å². The summed E-state index contributed by atoms with van der Waals surface area (Å²) in [5.74, 6) is -0.849. The lowest BCUT2D eigenvalue weighted by molar-refractivity contribution is -0.185. The molecule has 23 heteroatoms. The van der Waals surface area contributed by atoms with Gasteiger partial charge in [-0.3, -0.25) is 13.7 Å². The van der Waals surface area contributed by atoms with Crippen molar-refractivity contribution in [2.45, 2.75) is 42.5 Å². The first kappa shape index (κ1) is 31.6. The van der Waals surface area contributed by atoms with E-state index in [9.17, 15) is 14.4 Å². The molecular formula is C24H27FN10O8P2S2. The van der Waals surface area contributed by atoms with Crippen LogP contribution in [0.5, 0.6) is 0 Å². The minimum Gasteiger partial charge on any atom is -0.382 e. The molecule has 7 heterocycles. The molecule has 1 saturated carbocycles. The molecule has 2 bridgehead atoms. The Labute approximate surface area is 274 Å². The molecule has 18 nitrogen and oxygen atoms in total. The van der Waals surface area contributed by atoms with Crippen LogP contribution in [0, 0.1) is 11.3 Å². The van der Waals surface area contributed by atoms with Gasteiger partial charge in [0.2, 0.25) is 0 Å². The van der Waals surface area contributed by atoms with Crippen molar-refractivity contribution >= 4 is 71.3 Å². The average Bonchev–Trinajstić information content (AvgIpc) is 3.67. The third-order valence-corrected chi connectivity index (χ3v) is 12.3. The Kier molecular flexibility index (Phi) is 7.16. The molecule has 0 aromatic carbocycles. The molecule has 0 spiro atoms. The number of aromatic nitrogens is 8. The number of nitrogen functional groups attached to an aromatic ring is 2. The minimum atomic E-state index is -4.27. The van der Waals surface area contributed by atoms with Crippen molar-refractivity contribution in [3.05, 3.63) is 38.0 Å². The third-order valence-electron chi connectivity index (χ3n) is 9.30. The Morgan fingerprint density at radius 2 is 1.72 bits per heavy atom. The fourth-order valence-electron chi connectivity index (χ4n) is 7.15. The molecule has 11 atom stereocenters. The summed E-state index contributed by atoms with van der Waals surface area (Å²) in [6, 6.07) is 0. The minimum absolute atomic E-state index is 0.0843. The summed E-state index contributed by atoms with van der Waals surface area (Å²) in [6.45, 7) is -4.47. The lowest BCUT2D eigenvalue weighted by atomic mass is 9.97. The lowest BCUT2D eigenvalue weighted by Crippen LogP contribution is -2.40. The highest BCUT2D eigenvalue weighted by atomic mass is 32.7. The van der Waals surface area contributed by atoms with Gasteiger partial charge in [0.25, 0.3) is 0 Å². The Morgan fingerprint density at radius 3 is 2.30 bits per heavy atom. The molecule has 1 aliphatic carbocycles. The van der Waals surface area contributed by atoms with E-state index in [1.807, 2.05) is 0 Å². The highest BCUT2D eigenvalue weighted by Crippen LogP contribution is 2.78. The monoisotopic (exact) mass is 728 g/mol. The fraction of sp³-hybridized carbons (Fsp3) is 0.500. The first-order valence-corrected chi connectivity index (χ1v) is 19.7. The molecule has 6 N–H and O–H groups in total. The summed E-state index contributed by atoms with van der Waals surface area (Å²) in [4.78, 5) is 46.0. The Bertz CT molecular complexity index is 2040. The van der Waals surface area contributed by atoms with E-state index in [1.165, 1.54) is 29.9 Å². The molecule has 47 heavy (non-hydrogen) atoms. The van der Waals surface area contributed by atoms with Crippen molar-refractivity contribution in [2.75, 3.05) is 30.8 Å². The van der Waals surface area contributed by atoms with Gasteiger partial charge in [-0.05, 0) is 11.8 Å². The van der Waals surface area contributed by atoms with Crippen molar-refractivity contribution in [3.8, 4) is 0 Å². The molecule has 4 aromatic heterocycles. The Balaban J connectivity index is 1.04. The van der Waals surface area contributed by atoms with Crippen LogP contribution in [0.4, 0.5) is 16.0 Å². The van der Waals surface area contributed by atoms with Gasteiger partial charge < -0.3 is 40.0 Å². The van der Waals surface area contributed by atoms with E-state index in [0.29, 0.717) is 11.2 Å². The highest BCUT2D eigenvalue weighted by Gasteiger charge is 2.91. The van der Waals surface area contributed by atoms with Crippen LogP contribution in [0.3, 0.4) is 0 Å². The summed E-state index contributed by atoms with van der Waals surface area (Å²) in [5.41, 5.74) is 11.2. The molecule has 4 unspecified atom stereocenters. The molecule has 4 aromatic rings. The van der Waals surface area contributed by atoms with E-state index >= 15 is 4.39 Å². The summed E-state index contributed by atoms with van der Waals surface area (Å²) < 4.78 is 61.0. The normalized spacial score (nSPS) is 36.8. The number of fused-ring (bicyclic) bond motifs is 2. The van der Waals surface area contributed by atoms with Crippen LogP contribution >= 0.6 is 25.5 Å². The van der Waals surface area contributed by atoms with Gasteiger partial charge in [0.05, 0.1) is 37.4 Å². The summed E-state index contributed by atoms with van der Waals surface area (Å²) in [7, 11) is 0. The van der Waals surface area contributed by atoms with Crippen LogP contribution in [-0.4, -0.2) is 98.3 Å². The van der Waals surface area contributed by atoms with E-state index in [4.69, 9.17) is 46.5 Å². The molecule has 0 amide bonds. The van der Waals surface area contributed by atoms with Gasteiger partial charge in [0.1, 0.15) is 41.5 Å². The van der Waals surface area contributed by atoms with Crippen LogP contribution in [0.1, 0.15) is 12.5 Å². The Morgan fingerprint density at radius 1 is 1.11 bits per heavy atom. The molecule has 0 radical (unpaired) electrons. The standard InChI is InChI=1S/C24H27FN10O8P2S2/c1-2-23-15-21(35-9-33-14-17(27)29-7-31-19(14)35)42-24(23,5-39-15)22(23)43-44(36,46)4-10-11(3-40-45(37,38)47)41-20(12(10)25)34-8-32-13-16(26)28-6-30-18(13)34/h2,6-12,15,20-22H,1,3-5H2,(H,36,46)(H2,26,28,30)(H2,27,29,31)(H2,37,38,47)/t10-,11?,12-,15+,20-,21-,22?,23+,24-,44?/m1/s1. The number of halogens is 1. The number of nitrogens with zero attached hydrogens (tertiary/aromatic N) is 8. The zero-order valence-electron chi connectivity index (χ0n) is 24.0. The van der Waals surface area contributed by atoms with Gasteiger partial charge >= 0.3 is 6.80 Å². The van der Waals surface area contributed by atoms with Crippen LogP contribution in [0.15, 0.2) is 38.0 Å². The molecule has 8 rings (SSSR count). The first-order valence-electron chi connectivity index (χ1n) is 14.1. The van der Waals surface area contributed by atoms with Crippen molar-refractivity contribution in [3.63, 3.8) is 0 Å². The van der Waals surface area contributed by atoms with E-state index in [2.05, 4.69) is 48.7 Å². The number of hydrogen-bond donors (Lipinski definition) is 5. The topological polar surface area (TPSA) is 243 Å². The number of rotatable bonds is 10. The average molecular weight is 729 g/mol. The van der Waals surface area contributed by atoms with E-state index in [0.717, 1.165) is 0 Å². The van der Waals surface area contributed by atoms with E-state index < -0.39 is 73.8 Å². The number of anilines is 2. The maximum absolute atomic E-state index is 16.3. The van der Waals surface area contributed by atoms with Crippen LogP contribution in [0.2, 0.25) is 0 Å². The molecule has 3 aliphatic heterocycles. The number of alkyl halides is 1. The van der Waals surface area contributed by atoms with Gasteiger partial charge in [-0.25, -0.2) is 38.9 Å². The number of thiol groups is 1. The third kappa shape index (κ3) is 4.64. The van der Waals surface area contributed by atoms with Gasteiger partial charge in [-0.15, -0.1) is 6.58 Å². The fourth-order valence-corrected chi connectivity index (χ4v) is 10.2. The van der Waals surface area contributed by atoms with Crippen molar-refractivity contribution in [1.29, 1.82) is 0 Å². The number of nitrogens with two attached hydrogens (primary N) is 2. The number of ether oxygens (including phenoxy) is 3.